The normalized spacial score (nSPS) is 10.6. The van der Waals surface area contributed by atoms with Gasteiger partial charge in [0.25, 0.3) is 5.91 Å². The first-order valence-electron chi connectivity index (χ1n) is 6.02. The summed E-state index contributed by atoms with van der Waals surface area (Å²) < 4.78 is 9.92. The lowest BCUT2D eigenvalue weighted by Gasteiger charge is -2.19. The molecule has 1 rings (SSSR count). The van der Waals surface area contributed by atoms with E-state index in [0.717, 1.165) is 12.8 Å². The van der Waals surface area contributed by atoms with Crippen molar-refractivity contribution >= 4 is 17.5 Å². The summed E-state index contributed by atoms with van der Waals surface area (Å²) in [5.41, 5.74) is 0.309. The van der Waals surface area contributed by atoms with Gasteiger partial charge in [-0.1, -0.05) is 18.5 Å². The van der Waals surface area contributed by atoms with Crippen molar-refractivity contribution in [3.8, 4) is 0 Å². The number of hydrogen-bond donors (Lipinski definition) is 0. The second-order valence-corrected chi connectivity index (χ2v) is 4.32. The van der Waals surface area contributed by atoms with Crippen LogP contribution < -0.4 is 0 Å². The van der Waals surface area contributed by atoms with Crippen LogP contribution in [0.3, 0.4) is 0 Å². The summed E-state index contributed by atoms with van der Waals surface area (Å²) in [6.07, 6.45) is 1.98. The minimum atomic E-state index is -0.143. The molecule has 1 heterocycles. The molecule has 1 aromatic heterocycles. The first-order valence-corrected chi connectivity index (χ1v) is 6.56. The molecule has 0 spiro atoms. The molecule has 0 aliphatic rings. The van der Waals surface area contributed by atoms with Gasteiger partial charge < -0.3 is 14.2 Å². The molecule has 1 amide bonds. The van der Waals surface area contributed by atoms with Crippen LogP contribution in [0.15, 0.2) is 10.6 Å². The Kier molecular flexibility index (Phi) is 6.75. The highest BCUT2D eigenvalue weighted by Crippen LogP contribution is 2.09. The summed E-state index contributed by atoms with van der Waals surface area (Å²) in [7, 11) is 1.56. The lowest BCUT2D eigenvalue weighted by molar-refractivity contribution is 0.0752. The Morgan fingerprint density at radius 1 is 1.56 bits per heavy atom. The van der Waals surface area contributed by atoms with Crippen molar-refractivity contribution in [3.63, 3.8) is 0 Å². The summed E-state index contributed by atoms with van der Waals surface area (Å²) in [5.74, 6) is 0.815. The van der Waals surface area contributed by atoms with Crippen LogP contribution in [0.5, 0.6) is 0 Å². The molecule has 0 unspecified atom stereocenters. The van der Waals surface area contributed by atoms with Gasteiger partial charge in [0.15, 0.2) is 11.5 Å². The van der Waals surface area contributed by atoms with Gasteiger partial charge in [-0.3, -0.25) is 4.79 Å². The Morgan fingerprint density at radius 3 is 2.94 bits per heavy atom. The Bertz CT molecular complexity index is 368. The number of halogens is 1. The number of carbonyl (C=O) groups is 1. The van der Waals surface area contributed by atoms with Gasteiger partial charge in [0, 0.05) is 32.1 Å². The number of nitrogens with zero attached hydrogens (tertiary/aromatic N) is 2. The molecule has 0 saturated carbocycles. The van der Waals surface area contributed by atoms with Crippen LogP contribution in [0.1, 0.15) is 36.0 Å². The maximum absolute atomic E-state index is 12.2. The monoisotopic (exact) mass is 274 g/mol. The zero-order valence-corrected chi connectivity index (χ0v) is 11.6. The summed E-state index contributed by atoms with van der Waals surface area (Å²) >= 11 is 5.70. The third-order valence-electron chi connectivity index (χ3n) is 2.49. The molecule has 0 saturated heterocycles. The van der Waals surface area contributed by atoms with Crippen LogP contribution in [0, 0.1) is 0 Å². The minimum Gasteiger partial charge on any atom is -0.377 e. The van der Waals surface area contributed by atoms with Gasteiger partial charge in [0.1, 0.15) is 6.61 Å². The van der Waals surface area contributed by atoms with Gasteiger partial charge in [-0.15, -0.1) is 11.6 Å². The fraction of sp³-hybridized carbons (Fsp3) is 0.667. The predicted octanol–water partition coefficient (Wildman–Crippen LogP) is 2.30. The second kappa shape index (κ2) is 8.11. The van der Waals surface area contributed by atoms with Gasteiger partial charge in [0.2, 0.25) is 0 Å². The molecule has 1 aromatic rings. The van der Waals surface area contributed by atoms with Crippen molar-refractivity contribution in [2.75, 3.05) is 26.1 Å². The topological polar surface area (TPSA) is 55.6 Å². The highest BCUT2D eigenvalue weighted by atomic mass is 35.5. The van der Waals surface area contributed by atoms with E-state index >= 15 is 0 Å². The van der Waals surface area contributed by atoms with E-state index in [4.69, 9.17) is 20.9 Å². The molecule has 0 aliphatic carbocycles. The summed E-state index contributed by atoms with van der Waals surface area (Å²) in [5, 5.41) is 3.76. The molecule has 0 aromatic carbocycles. The molecule has 0 radical (unpaired) electrons. The molecule has 0 bridgehead atoms. The number of ether oxygens (including phenoxy) is 1. The van der Waals surface area contributed by atoms with Gasteiger partial charge in [-0.05, 0) is 6.42 Å². The number of unbranched alkanes of at least 4 members (excludes halogenated alkanes) is 1. The zero-order chi connectivity index (χ0) is 13.4. The van der Waals surface area contributed by atoms with Crippen LogP contribution in [0.2, 0.25) is 0 Å². The van der Waals surface area contributed by atoms with Crippen LogP contribution in [-0.4, -0.2) is 42.0 Å². The fourth-order valence-electron chi connectivity index (χ4n) is 1.55. The fourth-order valence-corrected chi connectivity index (χ4v) is 1.76. The van der Waals surface area contributed by atoms with Gasteiger partial charge in [0.05, 0.1) is 0 Å². The summed E-state index contributed by atoms with van der Waals surface area (Å²) in [6.45, 7) is 3.60. The van der Waals surface area contributed by atoms with Crippen molar-refractivity contribution in [2.45, 2.75) is 26.4 Å². The average molecular weight is 275 g/mol. The molecule has 0 atom stereocenters. The summed E-state index contributed by atoms with van der Waals surface area (Å²) in [4.78, 5) is 13.9. The van der Waals surface area contributed by atoms with E-state index in [1.54, 1.807) is 18.1 Å². The number of amides is 1. The van der Waals surface area contributed by atoms with Crippen molar-refractivity contribution < 1.29 is 14.1 Å². The molecule has 18 heavy (non-hydrogen) atoms. The van der Waals surface area contributed by atoms with Gasteiger partial charge >= 0.3 is 0 Å². The molecular formula is C12H19ClN2O3. The van der Waals surface area contributed by atoms with Crippen molar-refractivity contribution in [2.24, 2.45) is 0 Å². The van der Waals surface area contributed by atoms with E-state index in [-0.39, 0.29) is 5.91 Å². The predicted molar refractivity (Wildman–Crippen MR) is 68.7 cm³/mol. The second-order valence-electron chi connectivity index (χ2n) is 3.95. The Labute approximate surface area is 112 Å². The zero-order valence-electron chi connectivity index (χ0n) is 10.8. The highest BCUT2D eigenvalue weighted by molar-refractivity contribution is 6.18. The quantitative estimate of drug-likeness (QED) is 0.683. The van der Waals surface area contributed by atoms with E-state index in [1.807, 2.05) is 0 Å². The van der Waals surface area contributed by atoms with E-state index in [9.17, 15) is 4.79 Å². The minimum absolute atomic E-state index is 0.143. The molecule has 0 fully saturated rings. The Morgan fingerprint density at radius 2 is 2.33 bits per heavy atom. The van der Waals surface area contributed by atoms with E-state index < -0.39 is 0 Å². The number of hydrogen-bond acceptors (Lipinski definition) is 4. The first-order chi connectivity index (χ1) is 8.72. The lowest BCUT2D eigenvalue weighted by atomic mass is 10.2. The van der Waals surface area contributed by atoms with E-state index in [2.05, 4.69) is 12.1 Å². The molecular weight excluding hydrogens is 256 g/mol. The Hall–Kier alpha value is -1.07. The van der Waals surface area contributed by atoms with Gasteiger partial charge in [-0.2, -0.15) is 0 Å². The third-order valence-corrected chi connectivity index (χ3v) is 2.66. The standard InChI is InChI=1S/C12H19ClN2O3/c1-3-4-6-15(7-5-13)12(16)11-8-10(9-17-2)18-14-11/h8H,3-7,9H2,1-2H3. The third kappa shape index (κ3) is 4.31. The van der Waals surface area contributed by atoms with Gasteiger partial charge in [-0.25, -0.2) is 0 Å². The molecule has 5 nitrogen and oxygen atoms in total. The van der Waals surface area contributed by atoms with Crippen LogP contribution in [0.25, 0.3) is 0 Å². The molecule has 6 heteroatoms. The Balaban J connectivity index is 2.67. The van der Waals surface area contributed by atoms with Crippen LogP contribution in [-0.2, 0) is 11.3 Å². The van der Waals surface area contributed by atoms with Crippen molar-refractivity contribution in [1.29, 1.82) is 0 Å². The SMILES string of the molecule is CCCCN(CCCl)C(=O)c1cc(COC)on1. The number of rotatable bonds is 8. The first kappa shape index (κ1) is 15.0. The molecule has 0 N–H and O–H groups in total. The van der Waals surface area contributed by atoms with Crippen LogP contribution in [0.4, 0.5) is 0 Å². The smallest absolute Gasteiger partial charge is 0.276 e. The van der Waals surface area contributed by atoms with E-state index in [1.165, 1.54) is 0 Å². The summed E-state index contributed by atoms with van der Waals surface area (Å²) in [6, 6.07) is 1.61. The van der Waals surface area contributed by atoms with E-state index in [0.29, 0.717) is 37.0 Å². The van der Waals surface area contributed by atoms with Crippen molar-refractivity contribution in [3.05, 3.63) is 17.5 Å². The lowest BCUT2D eigenvalue weighted by Crippen LogP contribution is -2.33. The van der Waals surface area contributed by atoms with Crippen LogP contribution >= 0.6 is 11.6 Å². The highest BCUT2D eigenvalue weighted by Gasteiger charge is 2.19. The number of carbonyl (C=O) groups excluding carboxylic acids is 1. The molecule has 0 aliphatic heterocycles. The maximum Gasteiger partial charge on any atom is 0.276 e. The number of aromatic nitrogens is 1. The largest absolute Gasteiger partial charge is 0.377 e. The maximum atomic E-state index is 12.2. The molecule has 102 valence electrons. The average Bonchev–Trinajstić information content (AvgIpc) is 2.83. The van der Waals surface area contributed by atoms with Crippen molar-refractivity contribution in [1.82, 2.24) is 10.1 Å². The number of methoxy groups -OCH3 is 1. The number of alkyl halides is 1.